The molecule has 226 valence electrons. The smallest absolute Gasteiger partial charge is 0.411 e. The molecule has 5 aromatic rings. The van der Waals surface area contributed by atoms with Crippen LogP contribution in [0.3, 0.4) is 0 Å². The Bertz CT molecular complexity index is 1860. The van der Waals surface area contributed by atoms with Crippen molar-refractivity contribution in [2.75, 3.05) is 5.32 Å². The predicted molar refractivity (Wildman–Crippen MR) is 174 cm³/mol. The Morgan fingerprint density at radius 1 is 0.844 bits per heavy atom. The summed E-state index contributed by atoms with van der Waals surface area (Å²) in [5, 5.41) is 11.7. The number of allylic oxidation sites excluding steroid dienone is 2. The Labute approximate surface area is 262 Å². The maximum Gasteiger partial charge on any atom is 0.411 e. The van der Waals surface area contributed by atoms with Gasteiger partial charge in [-0.05, 0) is 44.6 Å². The van der Waals surface area contributed by atoms with E-state index in [1.165, 1.54) is 0 Å². The number of aromatic nitrogens is 4. The Morgan fingerprint density at radius 2 is 1.42 bits per heavy atom. The highest BCUT2D eigenvalue weighted by Gasteiger charge is 2.15. The summed E-state index contributed by atoms with van der Waals surface area (Å²) >= 11 is 0. The summed E-state index contributed by atoms with van der Waals surface area (Å²) in [6.07, 6.45) is 4.66. The molecule has 0 bridgehead atoms. The topological polar surface area (TPSA) is 119 Å². The molecular weight excluding hydrogens is 566 g/mol. The molecule has 45 heavy (non-hydrogen) atoms. The first-order valence-corrected chi connectivity index (χ1v) is 14.3. The van der Waals surface area contributed by atoms with E-state index in [9.17, 15) is 4.79 Å². The molecule has 0 unspecified atom stereocenters. The molecule has 3 heterocycles. The van der Waals surface area contributed by atoms with Gasteiger partial charge in [0.05, 0.1) is 6.61 Å². The lowest BCUT2D eigenvalue weighted by Crippen LogP contribution is -2.14. The minimum Gasteiger partial charge on any atom is -0.457 e. The molecule has 0 aliphatic carbocycles. The molecule has 2 N–H and O–H groups in total. The van der Waals surface area contributed by atoms with Gasteiger partial charge in [0.15, 0.2) is 11.6 Å². The second-order valence-electron chi connectivity index (χ2n) is 10.3. The summed E-state index contributed by atoms with van der Waals surface area (Å²) in [7, 11) is 0. The first kappa shape index (κ1) is 30.8. The van der Waals surface area contributed by atoms with Crippen molar-refractivity contribution in [3.05, 3.63) is 138 Å². The molecule has 3 aromatic carbocycles. The number of carbonyl (C=O) groups excluding carboxylic acids is 1. The molecule has 6 rings (SSSR count). The molecule has 0 saturated carbocycles. The van der Waals surface area contributed by atoms with Crippen LogP contribution < -0.4 is 10.1 Å². The van der Waals surface area contributed by atoms with Gasteiger partial charge in [-0.2, -0.15) is 0 Å². The average Bonchev–Trinajstić information content (AvgIpc) is 3.05. The van der Waals surface area contributed by atoms with Gasteiger partial charge in [0, 0.05) is 63.4 Å². The van der Waals surface area contributed by atoms with Crippen molar-refractivity contribution < 1.29 is 19.4 Å². The van der Waals surface area contributed by atoms with E-state index in [4.69, 9.17) is 14.6 Å². The summed E-state index contributed by atoms with van der Waals surface area (Å²) in [4.78, 5) is 29.7. The molecule has 0 spiro atoms. The molecular formula is C36H33N5O4. The molecule has 2 aromatic heterocycles. The van der Waals surface area contributed by atoms with E-state index in [1.54, 1.807) is 24.5 Å². The second kappa shape index (κ2) is 14.2. The monoisotopic (exact) mass is 599 g/mol. The van der Waals surface area contributed by atoms with Gasteiger partial charge in [0.25, 0.3) is 0 Å². The Morgan fingerprint density at radius 3 is 1.98 bits per heavy atom. The first-order chi connectivity index (χ1) is 21.8. The number of amides is 1. The van der Waals surface area contributed by atoms with E-state index in [2.05, 4.69) is 31.8 Å². The Hall–Kier alpha value is -5.67. The maximum atomic E-state index is 12.2. The maximum absolute atomic E-state index is 12.2. The molecule has 9 nitrogen and oxygen atoms in total. The minimum absolute atomic E-state index is 0.0130. The molecule has 1 aliphatic heterocycles. The number of benzene rings is 3. The van der Waals surface area contributed by atoms with Crippen molar-refractivity contribution in [2.45, 2.75) is 34.0 Å². The highest BCUT2D eigenvalue weighted by atomic mass is 16.5. The molecule has 0 radical (unpaired) electrons. The van der Waals surface area contributed by atoms with Gasteiger partial charge >= 0.3 is 6.09 Å². The Kier molecular flexibility index (Phi) is 9.71. The summed E-state index contributed by atoms with van der Waals surface area (Å²) in [6, 6.07) is 25.0. The van der Waals surface area contributed by atoms with Crippen LogP contribution >= 0.6 is 0 Å². The summed E-state index contributed by atoms with van der Waals surface area (Å²) in [5.41, 5.74) is 7.64. The molecule has 0 atom stereocenters. The fourth-order valence-corrected chi connectivity index (χ4v) is 4.53. The average molecular weight is 600 g/mol. The summed E-state index contributed by atoms with van der Waals surface area (Å²) < 4.78 is 11.0. The third kappa shape index (κ3) is 7.84. The van der Waals surface area contributed by atoms with Crippen LogP contribution in [0.1, 0.15) is 35.0 Å². The fraction of sp³-hybridized carbons (Fsp3) is 0.139. The van der Waals surface area contributed by atoms with E-state index in [0.717, 1.165) is 44.8 Å². The van der Waals surface area contributed by atoms with Crippen molar-refractivity contribution >= 4 is 17.4 Å². The first-order valence-electron chi connectivity index (χ1n) is 14.3. The molecule has 1 aliphatic rings. The van der Waals surface area contributed by atoms with Gasteiger partial charge in [0.2, 0.25) is 0 Å². The number of fused-ring (bicyclic) bond motifs is 1. The van der Waals surface area contributed by atoms with Gasteiger partial charge in [-0.3, -0.25) is 5.32 Å². The van der Waals surface area contributed by atoms with Crippen molar-refractivity contribution in [3.8, 4) is 28.5 Å². The predicted octanol–water partition coefficient (Wildman–Crippen LogP) is 7.45. The summed E-state index contributed by atoms with van der Waals surface area (Å²) in [5.74, 6) is 2.55. The van der Waals surface area contributed by atoms with E-state index in [1.807, 2.05) is 93.6 Å². The lowest BCUT2D eigenvalue weighted by atomic mass is 10.0. The van der Waals surface area contributed by atoms with Gasteiger partial charge < -0.3 is 14.6 Å². The van der Waals surface area contributed by atoms with Crippen molar-refractivity contribution in [3.63, 3.8) is 0 Å². The fourth-order valence-electron chi connectivity index (χ4n) is 4.53. The van der Waals surface area contributed by atoms with E-state index in [-0.39, 0.29) is 13.2 Å². The molecule has 1 amide bonds. The summed E-state index contributed by atoms with van der Waals surface area (Å²) in [6.45, 7) is 9.62. The van der Waals surface area contributed by atoms with Crippen molar-refractivity contribution in [1.82, 2.24) is 19.9 Å². The van der Waals surface area contributed by atoms with Crippen LogP contribution in [-0.4, -0.2) is 31.1 Å². The number of hydrogen-bond acceptors (Lipinski definition) is 8. The highest BCUT2D eigenvalue weighted by molar-refractivity contribution is 5.86. The number of hydrogen-bond donors (Lipinski definition) is 2. The van der Waals surface area contributed by atoms with Gasteiger partial charge in [0.1, 0.15) is 18.1 Å². The number of carbonyl (C=O) groups is 1. The zero-order valence-corrected chi connectivity index (χ0v) is 25.3. The number of aliphatic hydroxyl groups is 1. The zero-order chi connectivity index (χ0) is 31.8. The van der Waals surface area contributed by atoms with Crippen LogP contribution in [0.5, 0.6) is 5.75 Å². The zero-order valence-electron chi connectivity index (χ0n) is 25.3. The highest BCUT2D eigenvalue weighted by Crippen LogP contribution is 2.34. The van der Waals surface area contributed by atoms with E-state index in [0.29, 0.717) is 28.8 Å². The molecule has 0 saturated heterocycles. The van der Waals surface area contributed by atoms with Crippen LogP contribution in [0.2, 0.25) is 0 Å². The number of anilines is 1. The number of nitrogens with one attached hydrogen (secondary N) is 1. The molecule has 9 heteroatoms. The second-order valence-corrected chi connectivity index (χ2v) is 10.3. The van der Waals surface area contributed by atoms with E-state index < -0.39 is 6.09 Å². The van der Waals surface area contributed by atoms with Gasteiger partial charge in [-0.15, -0.1) is 0 Å². The number of nitrogens with zero attached hydrogens (tertiary/aromatic N) is 4. The number of aliphatic hydroxyl groups excluding tert-OH is 1. The van der Waals surface area contributed by atoms with E-state index >= 15 is 0 Å². The number of aryl methyl sites for hydroxylation is 2. The van der Waals surface area contributed by atoms with Crippen LogP contribution in [0.25, 0.3) is 28.3 Å². The van der Waals surface area contributed by atoms with Crippen LogP contribution in [-0.2, 0) is 18.0 Å². The number of rotatable bonds is 6. The Balaban J connectivity index is 0.000000223. The van der Waals surface area contributed by atoms with Gasteiger partial charge in [-0.1, -0.05) is 67.2 Å². The van der Waals surface area contributed by atoms with Crippen molar-refractivity contribution in [2.24, 2.45) is 0 Å². The largest absolute Gasteiger partial charge is 0.457 e. The van der Waals surface area contributed by atoms with Crippen LogP contribution in [0.4, 0.5) is 10.5 Å². The van der Waals surface area contributed by atoms with Crippen molar-refractivity contribution in [1.29, 1.82) is 0 Å². The minimum atomic E-state index is -0.566. The quantitative estimate of drug-likeness (QED) is 0.207. The van der Waals surface area contributed by atoms with Gasteiger partial charge in [-0.25, -0.2) is 24.7 Å². The third-order valence-electron chi connectivity index (χ3n) is 7.03. The van der Waals surface area contributed by atoms with Crippen LogP contribution in [0.15, 0.2) is 110 Å². The SMILES string of the molecule is C=C1C=C(C)c2ccc(NC(=O)OCc3cnc(-c4ccccc4)nc3C)cc2O1.Cc1nc(-c2ccccc2)ncc1CO. The lowest BCUT2D eigenvalue weighted by molar-refractivity contribution is 0.154. The molecule has 0 fully saturated rings. The standard InChI is InChI=1S/C24H21N3O3.C12H12N2O/c1-15-11-16(2)30-22-12-20(9-10-21(15)22)27-24(28)29-14-19-13-25-23(26-17(19)3)18-7-5-4-6-8-18;1-9-11(8-15)7-13-12(14-9)10-5-3-2-4-6-10/h4-13H,2,14H2,1,3H3,(H,27,28);2-7,15H,8H2,1H3. The lowest BCUT2D eigenvalue weighted by Gasteiger charge is -2.18. The number of ether oxygens (including phenoxy) is 2. The third-order valence-corrected chi connectivity index (χ3v) is 7.03. The normalized spacial score (nSPS) is 11.7. The van der Waals surface area contributed by atoms with Crippen LogP contribution in [0, 0.1) is 13.8 Å².